The number of hydrogen-bond donors (Lipinski definition) is 2. The fourth-order valence-electron chi connectivity index (χ4n) is 2.58. The van der Waals surface area contributed by atoms with Gasteiger partial charge in [0.15, 0.2) is 0 Å². The Morgan fingerprint density at radius 3 is 3.04 bits per heavy atom. The van der Waals surface area contributed by atoms with Crippen LogP contribution < -0.4 is 20.5 Å². The van der Waals surface area contributed by atoms with Crippen molar-refractivity contribution in [2.75, 3.05) is 36.0 Å². The van der Waals surface area contributed by atoms with Crippen LogP contribution in [0.3, 0.4) is 0 Å². The van der Waals surface area contributed by atoms with Gasteiger partial charge in [0.05, 0.1) is 31.0 Å². The third-order valence-electron chi connectivity index (χ3n) is 3.76. The molecule has 2 amide bonds. The molecule has 24 heavy (non-hydrogen) atoms. The molecule has 1 aromatic rings. The SMILES string of the molecule is CC(=O)NC[C@H]1CN(c2ccc(N3C=NNCC3)c(F)c2)C(=O)O1. The quantitative estimate of drug-likeness (QED) is 0.843. The van der Waals surface area contributed by atoms with Gasteiger partial charge in [-0.05, 0) is 18.2 Å². The maximum absolute atomic E-state index is 14.4. The second-order valence-corrected chi connectivity index (χ2v) is 5.54. The van der Waals surface area contributed by atoms with E-state index in [1.807, 2.05) is 0 Å². The summed E-state index contributed by atoms with van der Waals surface area (Å²) in [5.74, 6) is -0.642. The molecule has 8 nitrogen and oxygen atoms in total. The minimum Gasteiger partial charge on any atom is -0.442 e. The van der Waals surface area contributed by atoms with Gasteiger partial charge in [0, 0.05) is 13.5 Å². The van der Waals surface area contributed by atoms with Gasteiger partial charge in [-0.2, -0.15) is 5.10 Å². The largest absolute Gasteiger partial charge is 0.442 e. The van der Waals surface area contributed by atoms with Crippen LogP contribution in [0.25, 0.3) is 0 Å². The number of nitrogens with one attached hydrogen (secondary N) is 2. The van der Waals surface area contributed by atoms with Crippen LogP contribution in [0.4, 0.5) is 20.6 Å². The summed E-state index contributed by atoms with van der Waals surface area (Å²) >= 11 is 0. The van der Waals surface area contributed by atoms with Crippen LogP contribution in [-0.4, -0.2) is 50.6 Å². The van der Waals surface area contributed by atoms with E-state index in [4.69, 9.17) is 4.74 Å². The van der Waals surface area contributed by atoms with E-state index in [1.165, 1.54) is 24.2 Å². The van der Waals surface area contributed by atoms with Crippen LogP contribution in [0.5, 0.6) is 0 Å². The lowest BCUT2D eigenvalue weighted by Crippen LogP contribution is -2.35. The molecule has 0 saturated carbocycles. The van der Waals surface area contributed by atoms with E-state index in [0.717, 1.165) is 0 Å². The number of halogens is 1. The highest BCUT2D eigenvalue weighted by molar-refractivity contribution is 5.90. The number of carbonyl (C=O) groups excluding carboxylic acids is 2. The minimum atomic E-state index is -0.554. The number of amides is 2. The first-order valence-corrected chi connectivity index (χ1v) is 7.59. The van der Waals surface area contributed by atoms with Crippen LogP contribution >= 0.6 is 0 Å². The number of nitrogens with zero attached hydrogens (tertiary/aromatic N) is 3. The van der Waals surface area contributed by atoms with E-state index >= 15 is 0 Å². The summed E-state index contributed by atoms with van der Waals surface area (Å²) in [5.41, 5.74) is 3.61. The van der Waals surface area contributed by atoms with Crippen molar-refractivity contribution in [3.8, 4) is 0 Å². The van der Waals surface area contributed by atoms with Crippen molar-refractivity contribution >= 4 is 29.7 Å². The van der Waals surface area contributed by atoms with Gasteiger partial charge in [-0.15, -0.1) is 0 Å². The second-order valence-electron chi connectivity index (χ2n) is 5.54. The highest BCUT2D eigenvalue weighted by atomic mass is 19.1. The topological polar surface area (TPSA) is 86.3 Å². The van der Waals surface area contributed by atoms with Gasteiger partial charge in [-0.25, -0.2) is 9.18 Å². The van der Waals surface area contributed by atoms with Gasteiger partial charge in [0.1, 0.15) is 18.3 Å². The number of carbonyl (C=O) groups is 2. The molecule has 3 rings (SSSR count). The van der Waals surface area contributed by atoms with Crippen LogP contribution in [0, 0.1) is 5.82 Å². The molecule has 1 saturated heterocycles. The first-order chi connectivity index (χ1) is 11.5. The van der Waals surface area contributed by atoms with E-state index < -0.39 is 18.0 Å². The molecule has 1 fully saturated rings. The summed E-state index contributed by atoms with van der Waals surface area (Å²) < 4.78 is 19.6. The number of benzene rings is 1. The number of cyclic esters (lactones) is 1. The van der Waals surface area contributed by atoms with Gasteiger partial charge in [-0.3, -0.25) is 9.69 Å². The molecule has 2 aliphatic rings. The first kappa shape index (κ1) is 16.0. The molecule has 0 aliphatic carbocycles. The summed E-state index contributed by atoms with van der Waals surface area (Å²) in [6.45, 7) is 3.11. The number of rotatable bonds is 4. The van der Waals surface area contributed by atoms with Crippen molar-refractivity contribution in [3.63, 3.8) is 0 Å². The van der Waals surface area contributed by atoms with Crippen LogP contribution in [0.1, 0.15) is 6.92 Å². The van der Waals surface area contributed by atoms with Crippen molar-refractivity contribution in [2.45, 2.75) is 13.0 Å². The Morgan fingerprint density at radius 1 is 1.54 bits per heavy atom. The zero-order valence-electron chi connectivity index (χ0n) is 13.2. The van der Waals surface area contributed by atoms with E-state index in [9.17, 15) is 14.0 Å². The van der Waals surface area contributed by atoms with Crippen molar-refractivity contribution in [1.82, 2.24) is 10.7 Å². The molecular formula is C15H18FN5O3. The molecule has 0 unspecified atom stereocenters. The number of hydrogen-bond acceptors (Lipinski definition) is 6. The Kier molecular flexibility index (Phi) is 4.50. The van der Waals surface area contributed by atoms with Gasteiger partial charge in [0.2, 0.25) is 5.91 Å². The molecule has 0 aromatic heterocycles. The van der Waals surface area contributed by atoms with E-state index in [0.29, 0.717) is 24.5 Å². The van der Waals surface area contributed by atoms with Crippen LogP contribution in [0.15, 0.2) is 23.3 Å². The summed E-state index contributed by atoms with van der Waals surface area (Å²) in [4.78, 5) is 25.9. The van der Waals surface area contributed by atoms with E-state index in [2.05, 4.69) is 15.8 Å². The molecule has 128 valence electrons. The van der Waals surface area contributed by atoms with Crippen molar-refractivity contribution in [3.05, 3.63) is 24.0 Å². The summed E-state index contributed by atoms with van der Waals surface area (Å²) in [6, 6.07) is 4.57. The number of hydrazone groups is 1. The Balaban J connectivity index is 1.72. The lowest BCUT2D eigenvalue weighted by molar-refractivity contribution is -0.119. The predicted molar refractivity (Wildman–Crippen MR) is 86.5 cm³/mol. The van der Waals surface area contributed by atoms with Crippen molar-refractivity contribution in [2.24, 2.45) is 5.10 Å². The molecular weight excluding hydrogens is 317 g/mol. The van der Waals surface area contributed by atoms with Gasteiger partial charge < -0.3 is 20.4 Å². The van der Waals surface area contributed by atoms with E-state index in [-0.39, 0.29) is 19.0 Å². The Bertz CT molecular complexity index is 681. The second kappa shape index (κ2) is 6.73. The number of anilines is 2. The number of ether oxygens (including phenoxy) is 1. The fraction of sp³-hybridized carbons (Fsp3) is 0.400. The Labute approximate surface area is 138 Å². The van der Waals surface area contributed by atoms with Crippen molar-refractivity contribution < 1.29 is 18.7 Å². The van der Waals surface area contributed by atoms with Crippen LogP contribution in [0.2, 0.25) is 0 Å². The van der Waals surface area contributed by atoms with Gasteiger partial charge in [-0.1, -0.05) is 0 Å². The Hall–Kier alpha value is -2.84. The first-order valence-electron chi connectivity index (χ1n) is 7.59. The zero-order valence-corrected chi connectivity index (χ0v) is 13.2. The third-order valence-corrected chi connectivity index (χ3v) is 3.76. The smallest absolute Gasteiger partial charge is 0.414 e. The average molecular weight is 335 g/mol. The Morgan fingerprint density at radius 2 is 2.38 bits per heavy atom. The van der Waals surface area contributed by atoms with E-state index in [1.54, 1.807) is 17.0 Å². The predicted octanol–water partition coefficient (Wildman–Crippen LogP) is 0.640. The molecule has 0 spiro atoms. The highest BCUT2D eigenvalue weighted by Gasteiger charge is 2.32. The fourth-order valence-corrected chi connectivity index (χ4v) is 2.58. The maximum Gasteiger partial charge on any atom is 0.414 e. The maximum atomic E-state index is 14.4. The molecule has 2 aliphatic heterocycles. The standard InChI is InChI=1S/C15H18FN5O3/c1-10(22)17-7-12-8-21(15(23)24-12)11-2-3-14(13(16)6-11)20-5-4-18-19-9-20/h2-3,6,9,12,18H,4-5,7-8H2,1H3,(H,17,22)/t12-/m0/s1. The molecule has 0 bridgehead atoms. The summed E-state index contributed by atoms with van der Waals surface area (Å²) in [6.07, 6.45) is 0.514. The zero-order chi connectivity index (χ0) is 17.1. The van der Waals surface area contributed by atoms with Gasteiger partial charge in [0.25, 0.3) is 0 Å². The molecule has 1 atom stereocenters. The lowest BCUT2D eigenvalue weighted by Gasteiger charge is -2.24. The molecule has 9 heteroatoms. The molecule has 1 aromatic carbocycles. The summed E-state index contributed by atoms with van der Waals surface area (Å²) in [7, 11) is 0. The summed E-state index contributed by atoms with van der Waals surface area (Å²) in [5, 5.41) is 6.50. The molecule has 0 radical (unpaired) electrons. The average Bonchev–Trinajstić information content (AvgIpc) is 2.94. The molecule has 2 heterocycles. The third kappa shape index (κ3) is 3.39. The van der Waals surface area contributed by atoms with Gasteiger partial charge >= 0.3 is 6.09 Å². The monoisotopic (exact) mass is 335 g/mol. The molecule has 2 N–H and O–H groups in total. The van der Waals surface area contributed by atoms with Crippen molar-refractivity contribution in [1.29, 1.82) is 0 Å². The lowest BCUT2D eigenvalue weighted by atomic mass is 10.2. The normalized spacial score (nSPS) is 19.9. The highest BCUT2D eigenvalue weighted by Crippen LogP contribution is 2.27. The minimum absolute atomic E-state index is 0.197. The van der Waals surface area contributed by atoms with Crippen LogP contribution in [-0.2, 0) is 9.53 Å².